The Bertz CT molecular complexity index is 538. The highest BCUT2D eigenvalue weighted by Gasteiger charge is 2.59. The number of nitrogens with zero attached hydrogens (tertiary/aromatic N) is 2. The van der Waals surface area contributed by atoms with Gasteiger partial charge in [-0.2, -0.15) is 5.10 Å². The summed E-state index contributed by atoms with van der Waals surface area (Å²) in [7, 11) is 1.73. The second-order valence-corrected chi connectivity index (χ2v) is 6.38. The molecule has 0 spiro atoms. The quantitative estimate of drug-likeness (QED) is 0.850. The number of hydrogen-bond donors (Lipinski definition) is 2. The number of nitrogens with one attached hydrogen (secondary N) is 1. The average molecular weight is 295 g/mol. The molecule has 1 amide bonds. The third kappa shape index (κ3) is 2.70. The highest BCUT2D eigenvalue weighted by molar-refractivity contribution is 5.92. The third-order valence-electron chi connectivity index (χ3n) is 4.67. The van der Waals surface area contributed by atoms with Gasteiger partial charge in [-0.1, -0.05) is 13.8 Å². The van der Waals surface area contributed by atoms with Crippen molar-refractivity contribution >= 4 is 5.91 Å². The summed E-state index contributed by atoms with van der Waals surface area (Å²) in [6.07, 6.45) is 0.571. The zero-order valence-electron chi connectivity index (χ0n) is 13.4. The molecule has 0 unspecified atom stereocenters. The van der Waals surface area contributed by atoms with Gasteiger partial charge in [-0.25, -0.2) is 0 Å². The zero-order chi connectivity index (χ0) is 15.8. The molecule has 2 atom stereocenters. The Morgan fingerprint density at radius 3 is 2.76 bits per heavy atom. The Hall–Kier alpha value is -1.40. The van der Waals surface area contributed by atoms with Gasteiger partial charge in [0.15, 0.2) is 0 Å². The van der Waals surface area contributed by atoms with Gasteiger partial charge in [-0.3, -0.25) is 9.48 Å². The number of aryl methyl sites for hydroxylation is 2. The first-order valence-corrected chi connectivity index (χ1v) is 7.34. The lowest BCUT2D eigenvalue weighted by Crippen LogP contribution is -2.68. The van der Waals surface area contributed by atoms with Crippen molar-refractivity contribution in [1.82, 2.24) is 15.1 Å². The van der Waals surface area contributed by atoms with Gasteiger partial charge in [0.2, 0.25) is 0 Å². The molecule has 1 heterocycles. The first-order valence-electron chi connectivity index (χ1n) is 7.34. The molecule has 0 aliphatic heterocycles. The molecule has 1 aromatic rings. The molecule has 1 fully saturated rings. The Kier molecular flexibility index (Phi) is 4.13. The van der Waals surface area contributed by atoms with Crippen molar-refractivity contribution in [1.29, 1.82) is 0 Å². The number of ether oxygens (including phenoxy) is 1. The van der Waals surface area contributed by atoms with Crippen LogP contribution in [-0.2, 0) is 11.8 Å². The minimum Gasteiger partial charge on any atom is -0.387 e. The molecule has 1 aromatic heterocycles. The summed E-state index contributed by atoms with van der Waals surface area (Å²) in [5, 5.41) is 17.6. The lowest BCUT2D eigenvalue weighted by atomic mass is 9.56. The van der Waals surface area contributed by atoms with Crippen molar-refractivity contribution in [3.05, 3.63) is 17.5 Å². The summed E-state index contributed by atoms with van der Waals surface area (Å²) in [6, 6.07) is 1.73. The maximum absolute atomic E-state index is 12.2. The summed E-state index contributed by atoms with van der Waals surface area (Å²) >= 11 is 0. The number of carbonyl (C=O) groups excluding carboxylic acids is 1. The molecule has 1 saturated carbocycles. The van der Waals surface area contributed by atoms with E-state index >= 15 is 0 Å². The lowest BCUT2D eigenvalue weighted by molar-refractivity contribution is -0.237. The van der Waals surface area contributed by atoms with Crippen LogP contribution in [0, 0.1) is 12.3 Å². The molecule has 1 aliphatic rings. The molecule has 0 radical (unpaired) electrons. The number of hydrogen-bond acceptors (Lipinski definition) is 4. The predicted molar refractivity (Wildman–Crippen MR) is 79.0 cm³/mol. The minimum atomic E-state index is -0.934. The molecule has 6 nitrogen and oxygen atoms in total. The van der Waals surface area contributed by atoms with Crippen LogP contribution in [0.4, 0.5) is 0 Å². The van der Waals surface area contributed by atoms with Gasteiger partial charge in [0.05, 0.1) is 17.4 Å². The topological polar surface area (TPSA) is 76.4 Å². The summed E-state index contributed by atoms with van der Waals surface area (Å²) in [5.41, 5.74) is -0.0224. The molecule has 0 aromatic carbocycles. The van der Waals surface area contributed by atoms with Crippen LogP contribution in [-0.4, -0.2) is 45.7 Å². The van der Waals surface area contributed by atoms with E-state index in [-0.39, 0.29) is 24.0 Å². The maximum Gasteiger partial charge on any atom is 0.269 e. The van der Waals surface area contributed by atoms with Gasteiger partial charge in [0, 0.05) is 32.0 Å². The largest absolute Gasteiger partial charge is 0.387 e. The second-order valence-electron chi connectivity index (χ2n) is 6.38. The van der Waals surface area contributed by atoms with E-state index in [0.29, 0.717) is 18.7 Å². The van der Waals surface area contributed by atoms with E-state index in [1.165, 1.54) is 0 Å². The molecular formula is C15H25N3O3. The van der Waals surface area contributed by atoms with Gasteiger partial charge in [-0.15, -0.1) is 0 Å². The molecule has 118 valence electrons. The fraction of sp³-hybridized carbons (Fsp3) is 0.733. The highest BCUT2D eigenvalue weighted by Crippen LogP contribution is 2.50. The van der Waals surface area contributed by atoms with Gasteiger partial charge in [0.1, 0.15) is 5.69 Å². The van der Waals surface area contributed by atoms with Crippen LogP contribution in [0.5, 0.6) is 0 Å². The van der Waals surface area contributed by atoms with E-state index in [1.54, 1.807) is 17.8 Å². The summed E-state index contributed by atoms with van der Waals surface area (Å²) in [4.78, 5) is 12.2. The molecule has 21 heavy (non-hydrogen) atoms. The number of aliphatic hydroxyl groups is 1. The normalized spacial score (nSPS) is 27.2. The Balaban J connectivity index is 1.97. The third-order valence-corrected chi connectivity index (χ3v) is 4.67. The molecular weight excluding hydrogens is 270 g/mol. The average Bonchev–Trinajstić information content (AvgIpc) is 2.75. The van der Waals surface area contributed by atoms with E-state index in [0.717, 1.165) is 5.69 Å². The number of carbonyl (C=O) groups is 1. The van der Waals surface area contributed by atoms with Crippen LogP contribution in [0.2, 0.25) is 0 Å². The minimum absolute atomic E-state index is 0.0309. The van der Waals surface area contributed by atoms with E-state index in [9.17, 15) is 9.90 Å². The summed E-state index contributed by atoms with van der Waals surface area (Å²) in [5.74, 6) is -0.220. The number of rotatable bonds is 5. The number of aromatic nitrogens is 2. The molecule has 0 bridgehead atoms. The first kappa shape index (κ1) is 16.0. The Labute approximate surface area is 125 Å². The lowest BCUT2D eigenvalue weighted by Gasteiger charge is -2.57. The fourth-order valence-corrected chi connectivity index (χ4v) is 2.90. The van der Waals surface area contributed by atoms with Gasteiger partial charge < -0.3 is 15.2 Å². The van der Waals surface area contributed by atoms with Crippen LogP contribution in [0.1, 0.15) is 43.4 Å². The monoisotopic (exact) mass is 295 g/mol. The van der Waals surface area contributed by atoms with Gasteiger partial charge in [0.25, 0.3) is 5.91 Å². The molecule has 2 rings (SSSR count). The van der Waals surface area contributed by atoms with Crippen molar-refractivity contribution < 1.29 is 14.6 Å². The van der Waals surface area contributed by atoms with Gasteiger partial charge in [-0.05, 0) is 19.9 Å². The molecule has 0 saturated heterocycles. The Morgan fingerprint density at radius 1 is 1.62 bits per heavy atom. The van der Waals surface area contributed by atoms with Crippen molar-refractivity contribution in [3.8, 4) is 0 Å². The van der Waals surface area contributed by atoms with E-state index in [2.05, 4.69) is 10.4 Å². The SMILES string of the molecule is CCO[C@H]1C[C@](O)(CNC(=O)c2cc(C)nn2C)C1(C)C. The van der Waals surface area contributed by atoms with E-state index in [4.69, 9.17) is 4.74 Å². The van der Waals surface area contributed by atoms with Crippen LogP contribution in [0.25, 0.3) is 0 Å². The summed E-state index contributed by atoms with van der Waals surface area (Å²) in [6.45, 7) is 8.57. The van der Waals surface area contributed by atoms with Crippen LogP contribution in [0.15, 0.2) is 6.07 Å². The standard InChI is InChI=1S/C15H25N3O3/c1-6-21-12-8-15(20,14(12,3)4)9-16-13(19)11-7-10(2)17-18(11)5/h7,12,20H,6,8-9H2,1-5H3,(H,16,19)/t12-,15-/m0/s1. The maximum atomic E-state index is 12.2. The Morgan fingerprint density at radius 2 is 2.29 bits per heavy atom. The predicted octanol–water partition coefficient (Wildman–Crippen LogP) is 1.02. The van der Waals surface area contributed by atoms with Gasteiger partial charge >= 0.3 is 0 Å². The number of amides is 1. The molecule has 6 heteroatoms. The van der Waals surface area contributed by atoms with E-state index in [1.807, 2.05) is 27.7 Å². The van der Waals surface area contributed by atoms with Crippen molar-refractivity contribution in [3.63, 3.8) is 0 Å². The molecule has 1 aliphatic carbocycles. The van der Waals surface area contributed by atoms with Crippen molar-refractivity contribution in [2.75, 3.05) is 13.2 Å². The van der Waals surface area contributed by atoms with Crippen molar-refractivity contribution in [2.24, 2.45) is 12.5 Å². The smallest absolute Gasteiger partial charge is 0.269 e. The van der Waals surface area contributed by atoms with Crippen LogP contribution >= 0.6 is 0 Å². The second kappa shape index (κ2) is 5.42. The summed E-state index contributed by atoms with van der Waals surface area (Å²) < 4.78 is 7.16. The highest BCUT2D eigenvalue weighted by atomic mass is 16.5. The molecule has 2 N–H and O–H groups in total. The fourth-order valence-electron chi connectivity index (χ4n) is 2.90. The van der Waals surface area contributed by atoms with Crippen LogP contribution < -0.4 is 5.32 Å². The van der Waals surface area contributed by atoms with E-state index < -0.39 is 5.60 Å². The van der Waals surface area contributed by atoms with Crippen LogP contribution in [0.3, 0.4) is 0 Å². The zero-order valence-corrected chi connectivity index (χ0v) is 13.4. The van der Waals surface area contributed by atoms with Crippen molar-refractivity contribution in [2.45, 2.75) is 45.8 Å². The first-order chi connectivity index (χ1) is 9.71.